The maximum atomic E-state index is 11.3. The van der Waals surface area contributed by atoms with E-state index in [1.165, 1.54) is 0 Å². The SMILES string of the molecule is CN(O)S(=O)(=O)c1cnc(Cl)c(Cl)c1. The van der Waals surface area contributed by atoms with E-state index >= 15 is 0 Å². The number of pyridine rings is 1. The largest absolute Gasteiger partial charge is 0.299 e. The van der Waals surface area contributed by atoms with Crippen molar-refractivity contribution in [3.05, 3.63) is 22.4 Å². The van der Waals surface area contributed by atoms with Crippen LogP contribution in [-0.2, 0) is 10.0 Å². The summed E-state index contributed by atoms with van der Waals surface area (Å²) in [5.41, 5.74) is 0. The Bertz CT molecular complexity index is 446. The molecule has 0 atom stereocenters. The molecule has 1 heterocycles. The van der Waals surface area contributed by atoms with Gasteiger partial charge in [-0.2, -0.15) is 0 Å². The van der Waals surface area contributed by atoms with Crippen LogP contribution in [0.25, 0.3) is 0 Å². The van der Waals surface area contributed by atoms with Gasteiger partial charge in [0.25, 0.3) is 10.0 Å². The van der Waals surface area contributed by atoms with Crippen LogP contribution in [0, 0.1) is 0 Å². The Balaban J connectivity index is 3.29. The van der Waals surface area contributed by atoms with E-state index in [4.69, 9.17) is 28.4 Å². The molecule has 0 unspecified atom stereocenters. The van der Waals surface area contributed by atoms with Gasteiger partial charge in [0, 0.05) is 13.2 Å². The van der Waals surface area contributed by atoms with Crippen molar-refractivity contribution in [1.29, 1.82) is 0 Å². The maximum absolute atomic E-state index is 11.3. The van der Waals surface area contributed by atoms with E-state index in [0.29, 0.717) is 0 Å². The van der Waals surface area contributed by atoms with Crippen LogP contribution < -0.4 is 0 Å². The molecule has 0 radical (unpaired) electrons. The molecule has 1 N–H and O–H groups in total. The zero-order chi connectivity index (χ0) is 10.9. The smallest absolute Gasteiger partial charge is 0.266 e. The third-order valence-electron chi connectivity index (χ3n) is 1.42. The fraction of sp³-hybridized carbons (Fsp3) is 0.167. The van der Waals surface area contributed by atoms with E-state index in [1.807, 2.05) is 0 Å². The van der Waals surface area contributed by atoms with Gasteiger partial charge in [-0.25, -0.2) is 13.4 Å². The van der Waals surface area contributed by atoms with Gasteiger partial charge in [0.2, 0.25) is 0 Å². The molecule has 14 heavy (non-hydrogen) atoms. The maximum Gasteiger partial charge on any atom is 0.266 e. The molecule has 1 rings (SSSR count). The van der Waals surface area contributed by atoms with Crippen LogP contribution in [0.3, 0.4) is 0 Å². The number of aromatic nitrogens is 1. The average Bonchev–Trinajstić information content (AvgIpc) is 2.09. The van der Waals surface area contributed by atoms with Crippen molar-refractivity contribution >= 4 is 33.2 Å². The van der Waals surface area contributed by atoms with Crippen molar-refractivity contribution < 1.29 is 13.6 Å². The van der Waals surface area contributed by atoms with Crippen LogP contribution >= 0.6 is 23.2 Å². The molecule has 0 saturated carbocycles. The van der Waals surface area contributed by atoms with E-state index in [-0.39, 0.29) is 19.5 Å². The fourth-order valence-electron chi connectivity index (χ4n) is 0.697. The zero-order valence-electron chi connectivity index (χ0n) is 6.98. The normalized spacial score (nSPS) is 12.1. The number of nitrogens with zero attached hydrogens (tertiary/aromatic N) is 2. The Hall–Kier alpha value is -0.400. The first-order chi connectivity index (χ1) is 6.35. The van der Waals surface area contributed by atoms with Crippen molar-refractivity contribution in [3.63, 3.8) is 0 Å². The van der Waals surface area contributed by atoms with Gasteiger partial charge in [-0.05, 0) is 6.07 Å². The van der Waals surface area contributed by atoms with Crippen molar-refractivity contribution in [2.24, 2.45) is 0 Å². The number of hydroxylamine groups is 1. The van der Waals surface area contributed by atoms with Crippen LogP contribution in [0.1, 0.15) is 0 Å². The predicted octanol–water partition coefficient (Wildman–Crippen LogP) is 1.40. The molecule has 0 aliphatic heterocycles. The quantitative estimate of drug-likeness (QED) is 0.642. The standard InChI is InChI=1S/C6H6Cl2N2O3S/c1-10(11)14(12,13)4-2-5(7)6(8)9-3-4/h2-3,11H,1H3. The summed E-state index contributed by atoms with van der Waals surface area (Å²) in [5, 5.41) is 8.85. The Morgan fingerprint density at radius 2 is 2.07 bits per heavy atom. The van der Waals surface area contributed by atoms with Crippen LogP contribution in [0.15, 0.2) is 17.2 Å². The molecule has 8 heteroatoms. The summed E-state index contributed by atoms with van der Waals surface area (Å²) < 4.78 is 22.7. The van der Waals surface area contributed by atoms with E-state index in [2.05, 4.69) is 4.98 Å². The van der Waals surface area contributed by atoms with Gasteiger partial charge in [0.05, 0.1) is 5.02 Å². The summed E-state index contributed by atoms with van der Waals surface area (Å²) in [6, 6.07) is 1.11. The topological polar surface area (TPSA) is 70.5 Å². The molecule has 1 aromatic rings. The molecule has 0 fully saturated rings. The molecule has 0 saturated heterocycles. The number of halogens is 2. The lowest BCUT2D eigenvalue weighted by molar-refractivity contribution is 0.0310. The van der Waals surface area contributed by atoms with E-state index in [0.717, 1.165) is 19.3 Å². The van der Waals surface area contributed by atoms with Crippen molar-refractivity contribution in [1.82, 2.24) is 9.45 Å². The van der Waals surface area contributed by atoms with Crippen LogP contribution in [0.5, 0.6) is 0 Å². The Kier molecular flexibility index (Phi) is 3.33. The Labute approximate surface area is 90.9 Å². The van der Waals surface area contributed by atoms with Gasteiger partial charge in [-0.1, -0.05) is 27.7 Å². The first-order valence-electron chi connectivity index (χ1n) is 3.34. The molecule has 0 amide bonds. The first kappa shape index (κ1) is 11.7. The highest BCUT2D eigenvalue weighted by Gasteiger charge is 2.20. The number of sulfonamides is 1. The molecular weight excluding hydrogens is 251 g/mol. The van der Waals surface area contributed by atoms with Gasteiger partial charge < -0.3 is 0 Å². The summed E-state index contributed by atoms with van der Waals surface area (Å²) >= 11 is 11.1. The molecule has 0 bridgehead atoms. The van der Waals surface area contributed by atoms with Gasteiger partial charge in [-0.3, -0.25) is 5.21 Å². The van der Waals surface area contributed by atoms with Crippen molar-refractivity contribution in [3.8, 4) is 0 Å². The third kappa shape index (κ3) is 2.15. The van der Waals surface area contributed by atoms with Crippen molar-refractivity contribution in [2.45, 2.75) is 4.90 Å². The summed E-state index contributed by atoms with van der Waals surface area (Å²) in [5.74, 6) is 0. The molecule has 0 spiro atoms. The lowest BCUT2D eigenvalue weighted by atomic mass is 10.5. The van der Waals surface area contributed by atoms with E-state index in [9.17, 15) is 8.42 Å². The monoisotopic (exact) mass is 256 g/mol. The minimum Gasteiger partial charge on any atom is -0.299 e. The molecule has 78 valence electrons. The van der Waals surface area contributed by atoms with Gasteiger partial charge in [0.15, 0.2) is 0 Å². The summed E-state index contributed by atoms with van der Waals surface area (Å²) in [6.45, 7) is 0. The number of hydrogen-bond donors (Lipinski definition) is 1. The lowest BCUT2D eigenvalue weighted by Gasteiger charge is -2.09. The lowest BCUT2D eigenvalue weighted by Crippen LogP contribution is -2.23. The number of hydrogen-bond acceptors (Lipinski definition) is 4. The summed E-state index contributed by atoms with van der Waals surface area (Å²) in [6.07, 6.45) is 1.01. The molecular formula is C6H6Cl2N2O3S. The van der Waals surface area contributed by atoms with Gasteiger partial charge in [-0.15, -0.1) is 0 Å². The Morgan fingerprint density at radius 3 is 2.50 bits per heavy atom. The van der Waals surface area contributed by atoms with Crippen LogP contribution in [0.4, 0.5) is 0 Å². The second-order valence-corrected chi connectivity index (χ2v) is 5.10. The third-order valence-corrected chi connectivity index (χ3v) is 3.62. The van der Waals surface area contributed by atoms with Gasteiger partial charge in [0.1, 0.15) is 10.0 Å². The highest BCUT2D eigenvalue weighted by atomic mass is 35.5. The summed E-state index contributed by atoms with van der Waals surface area (Å²) in [4.78, 5) is 3.32. The van der Waals surface area contributed by atoms with E-state index in [1.54, 1.807) is 0 Å². The highest BCUT2D eigenvalue weighted by molar-refractivity contribution is 7.89. The minimum atomic E-state index is -3.93. The highest BCUT2D eigenvalue weighted by Crippen LogP contribution is 2.23. The van der Waals surface area contributed by atoms with Gasteiger partial charge >= 0.3 is 0 Å². The predicted molar refractivity (Wildman–Crippen MR) is 51.0 cm³/mol. The first-order valence-corrected chi connectivity index (χ1v) is 5.54. The van der Waals surface area contributed by atoms with Crippen LogP contribution in [0.2, 0.25) is 10.2 Å². The molecule has 5 nitrogen and oxygen atoms in total. The Morgan fingerprint density at radius 1 is 1.50 bits per heavy atom. The molecule has 0 aromatic carbocycles. The fourth-order valence-corrected chi connectivity index (χ4v) is 1.79. The molecule has 0 aliphatic rings. The molecule has 1 aromatic heterocycles. The number of rotatable bonds is 2. The van der Waals surface area contributed by atoms with Crippen molar-refractivity contribution in [2.75, 3.05) is 7.05 Å². The minimum absolute atomic E-state index is 0.00575. The molecule has 0 aliphatic carbocycles. The van der Waals surface area contributed by atoms with Crippen LogP contribution in [-0.4, -0.2) is 30.1 Å². The average molecular weight is 257 g/mol. The van der Waals surface area contributed by atoms with E-state index < -0.39 is 10.0 Å². The second kappa shape index (κ2) is 4.00. The second-order valence-electron chi connectivity index (χ2n) is 2.38. The summed E-state index contributed by atoms with van der Waals surface area (Å²) in [7, 11) is -2.95. The zero-order valence-corrected chi connectivity index (χ0v) is 9.31.